The van der Waals surface area contributed by atoms with Gasteiger partial charge in [-0.15, -0.1) is 0 Å². The van der Waals surface area contributed by atoms with E-state index in [1.807, 2.05) is 0 Å². The third-order valence-corrected chi connectivity index (χ3v) is 4.60. The molecule has 0 N–H and O–H groups in total. The van der Waals surface area contributed by atoms with Crippen LogP contribution in [0.4, 0.5) is 0 Å². The first-order chi connectivity index (χ1) is 7.68. The summed E-state index contributed by atoms with van der Waals surface area (Å²) in [4.78, 5) is 1.44. The molecule has 0 spiro atoms. The van der Waals surface area contributed by atoms with Crippen LogP contribution >= 0.6 is 10.0 Å². The van der Waals surface area contributed by atoms with E-state index < -0.39 is 10.0 Å². The van der Waals surface area contributed by atoms with Gasteiger partial charge >= 0.3 is 0 Å². The van der Waals surface area contributed by atoms with Crippen molar-refractivity contribution in [2.24, 2.45) is 0 Å². The lowest BCUT2D eigenvalue weighted by Gasteiger charge is -2.25. The van der Waals surface area contributed by atoms with E-state index in [-0.39, 0.29) is 5.41 Å². The summed E-state index contributed by atoms with van der Waals surface area (Å²) in [7, 11) is -0.662. The second-order valence-corrected chi connectivity index (χ2v) is 10.5. The normalized spacial score (nSPS) is 14.2. The fourth-order valence-corrected chi connectivity index (χ4v) is 2.73. The third kappa shape index (κ3) is 2.52. The summed E-state index contributed by atoms with van der Waals surface area (Å²) in [6, 6.07) is 8.78. The zero-order chi connectivity index (χ0) is 12.8. The average Bonchev–Trinajstić information content (AvgIpc) is 2.57. The van der Waals surface area contributed by atoms with Crippen LogP contribution in [0.3, 0.4) is 0 Å². The summed E-state index contributed by atoms with van der Waals surface area (Å²) in [5, 5.41) is 1.23. The summed E-state index contributed by atoms with van der Waals surface area (Å²) < 4.78 is 5.91. The molecule has 0 fully saturated rings. The van der Waals surface area contributed by atoms with Gasteiger partial charge in [-0.25, -0.2) is 10.0 Å². The Morgan fingerprint density at radius 2 is 1.65 bits per heavy atom. The predicted molar refractivity (Wildman–Crippen MR) is 78.5 cm³/mol. The number of hydrogen-bond acceptors (Lipinski definition) is 1. The first-order valence-corrected chi connectivity index (χ1v) is 8.76. The van der Waals surface area contributed by atoms with Gasteiger partial charge in [0, 0.05) is 10.8 Å². The van der Waals surface area contributed by atoms with Gasteiger partial charge in [-0.2, -0.15) is 0 Å². The van der Waals surface area contributed by atoms with Gasteiger partial charge in [0.1, 0.15) is 11.3 Å². The highest BCUT2D eigenvalue weighted by Gasteiger charge is 2.19. The minimum atomic E-state index is -0.662. The van der Waals surface area contributed by atoms with Crippen LogP contribution in [0.2, 0.25) is 0 Å². The average molecular weight is 250 g/mol. The van der Waals surface area contributed by atoms with Crippen molar-refractivity contribution in [3.63, 3.8) is 0 Å². The molecule has 1 heterocycles. The Labute approximate surface area is 106 Å². The summed E-state index contributed by atoms with van der Waals surface area (Å²) >= 11 is 0. The van der Waals surface area contributed by atoms with Gasteiger partial charge in [-0.05, 0) is 47.9 Å². The molecule has 0 aliphatic rings. The van der Waals surface area contributed by atoms with Gasteiger partial charge in [-0.3, -0.25) is 0 Å². The van der Waals surface area contributed by atoms with Gasteiger partial charge < -0.3 is 4.42 Å². The Balaban J connectivity index is 2.56. The molecule has 0 aliphatic carbocycles. The van der Waals surface area contributed by atoms with Gasteiger partial charge in [0.15, 0.2) is 0 Å². The zero-order valence-electron chi connectivity index (χ0n) is 11.6. The number of benzene rings is 1. The van der Waals surface area contributed by atoms with Gasteiger partial charge in [0.05, 0.1) is 0 Å². The van der Waals surface area contributed by atoms with Crippen LogP contribution < -0.4 is 0 Å². The monoisotopic (exact) mass is 250 g/mol. The van der Waals surface area contributed by atoms with Crippen LogP contribution in [0, 0.1) is 0 Å². The van der Waals surface area contributed by atoms with E-state index in [2.05, 4.69) is 63.8 Å². The first-order valence-electron chi connectivity index (χ1n) is 5.90. The lowest BCUT2D eigenvalue weighted by molar-refractivity contribution is 0.430. The maximum Gasteiger partial charge on any atom is 0.134 e. The Bertz CT molecular complexity index is 526. The molecule has 0 saturated carbocycles. The number of furan rings is 1. The molecule has 1 nitrogen and oxygen atoms in total. The van der Waals surface area contributed by atoms with Gasteiger partial charge in [0.25, 0.3) is 0 Å². The van der Waals surface area contributed by atoms with Gasteiger partial charge in [0.2, 0.25) is 0 Å². The Kier molecular flexibility index (Phi) is 2.81. The summed E-state index contributed by atoms with van der Waals surface area (Å²) in [5.74, 6) is 1.06. The molecule has 17 heavy (non-hydrogen) atoms. The summed E-state index contributed by atoms with van der Waals surface area (Å²) in [5.41, 5.74) is 1.08. The molecule has 2 aromatic rings. The smallest absolute Gasteiger partial charge is 0.134 e. The van der Waals surface area contributed by atoms with Crippen LogP contribution in [0.15, 0.2) is 33.6 Å². The van der Waals surface area contributed by atoms with E-state index in [4.69, 9.17) is 4.42 Å². The van der Waals surface area contributed by atoms with E-state index in [0.717, 1.165) is 11.3 Å². The second kappa shape index (κ2) is 3.81. The molecule has 0 aliphatic heterocycles. The maximum absolute atomic E-state index is 5.91. The molecule has 94 valence electrons. The van der Waals surface area contributed by atoms with E-state index in [1.54, 1.807) is 0 Å². The van der Waals surface area contributed by atoms with E-state index in [9.17, 15) is 0 Å². The highest BCUT2D eigenvalue weighted by molar-refractivity contribution is 8.32. The van der Waals surface area contributed by atoms with Crippen molar-refractivity contribution in [1.29, 1.82) is 0 Å². The van der Waals surface area contributed by atoms with Crippen molar-refractivity contribution >= 4 is 21.0 Å². The maximum atomic E-state index is 5.91. The fourth-order valence-electron chi connectivity index (χ4n) is 1.77. The number of hydrogen-bond donors (Lipinski definition) is 0. The van der Waals surface area contributed by atoms with E-state index in [0.29, 0.717) is 0 Å². The molecule has 0 radical (unpaired) electrons. The molecule has 0 amide bonds. The van der Waals surface area contributed by atoms with Crippen LogP contribution in [-0.4, -0.2) is 18.8 Å². The van der Waals surface area contributed by atoms with Crippen molar-refractivity contribution in [1.82, 2.24) is 0 Å². The fraction of sp³-hybridized carbons (Fsp3) is 0.467. The molecular formula is C15H22OS. The largest absolute Gasteiger partial charge is 0.461 e. The second-order valence-electron chi connectivity index (χ2n) is 6.40. The highest BCUT2D eigenvalue weighted by Crippen LogP contribution is 2.46. The lowest BCUT2D eigenvalue weighted by Crippen LogP contribution is -2.08. The minimum Gasteiger partial charge on any atom is -0.461 e. The molecule has 2 heteroatoms. The van der Waals surface area contributed by atoms with Crippen molar-refractivity contribution in [2.75, 3.05) is 18.8 Å². The van der Waals surface area contributed by atoms with Crippen molar-refractivity contribution in [2.45, 2.75) is 31.1 Å². The molecular weight excluding hydrogens is 228 g/mol. The first kappa shape index (κ1) is 12.6. The molecule has 0 atom stereocenters. The van der Waals surface area contributed by atoms with E-state index in [1.165, 1.54) is 10.3 Å². The molecule has 2 rings (SSSR count). The third-order valence-electron chi connectivity index (χ3n) is 2.93. The Morgan fingerprint density at radius 3 is 2.18 bits per heavy atom. The quantitative estimate of drug-likeness (QED) is 0.709. The van der Waals surface area contributed by atoms with E-state index >= 15 is 0 Å². The van der Waals surface area contributed by atoms with Crippen LogP contribution in [0.1, 0.15) is 26.5 Å². The minimum absolute atomic E-state index is 0.0772. The number of rotatable bonds is 1. The molecule has 1 aromatic heterocycles. The summed E-state index contributed by atoms with van der Waals surface area (Å²) in [6.07, 6.45) is 6.96. The Morgan fingerprint density at radius 1 is 1.00 bits per heavy atom. The molecule has 0 unspecified atom stereocenters. The topological polar surface area (TPSA) is 13.1 Å². The SMILES string of the molecule is CC(C)(C)c1cc2cc(S(C)(C)C)ccc2o1. The van der Waals surface area contributed by atoms with Crippen LogP contribution in [0.5, 0.6) is 0 Å². The molecule has 0 bridgehead atoms. The van der Waals surface area contributed by atoms with Crippen LogP contribution in [0.25, 0.3) is 11.0 Å². The Hall–Kier alpha value is -0.890. The summed E-state index contributed by atoms with van der Waals surface area (Å²) in [6.45, 7) is 6.54. The standard InChI is InChI=1S/C15H22OS/c1-15(2,3)14-10-11-9-12(17(4,5)6)7-8-13(11)16-14/h7-10H,1-6H3. The molecule has 1 aromatic carbocycles. The van der Waals surface area contributed by atoms with Crippen molar-refractivity contribution < 1.29 is 4.42 Å². The van der Waals surface area contributed by atoms with Crippen molar-refractivity contribution in [3.05, 3.63) is 30.0 Å². The zero-order valence-corrected chi connectivity index (χ0v) is 12.4. The lowest BCUT2D eigenvalue weighted by atomic mass is 9.93. The molecule has 0 saturated heterocycles. The predicted octanol–water partition coefficient (Wildman–Crippen LogP) is 4.78. The van der Waals surface area contributed by atoms with Crippen LogP contribution in [-0.2, 0) is 5.41 Å². The highest BCUT2D eigenvalue weighted by atomic mass is 32.3. The van der Waals surface area contributed by atoms with Crippen molar-refractivity contribution in [3.8, 4) is 0 Å². The van der Waals surface area contributed by atoms with Gasteiger partial charge in [-0.1, -0.05) is 20.8 Å². The number of fused-ring (bicyclic) bond motifs is 1.